The van der Waals surface area contributed by atoms with Crippen LogP contribution in [0.25, 0.3) is 10.9 Å². The van der Waals surface area contributed by atoms with Crippen LogP contribution in [-0.4, -0.2) is 38.0 Å². The van der Waals surface area contributed by atoms with Crippen molar-refractivity contribution in [3.8, 4) is 5.75 Å². The number of rotatable bonds is 6. The third-order valence-electron chi connectivity index (χ3n) is 6.93. The molecule has 34 heavy (non-hydrogen) atoms. The predicted octanol–water partition coefficient (Wildman–Crippen LogP) is 5.83. The quantitative estimate of drug-likeness (QED) is 0.330. The Bertz CT molecular complexity index is 1370. The highest BCUT2D eigenvalue weighted by atomic mass is 32.2. The zero-order valence-electron chi connectivity index (χ0n) is 19.6. The van der Waals surface area contributed by atoms with Gasteiger partial charge in [-0.05, 0) is 87.3 Å². The molecule has 0 spiro atoms. The molecule has 0 N–H and O–H groups in total. The molecule has 0 aliphatic carbocycles. The zero-order valence-corrected chi connectivity index (χ0v) is 20.4. The van der Waals surface area contributed by atoms with Gasteiger partial charge < -0.3 is 13.7 Å². The molecule has 1 fully saturated rings. The smallest absolute Gasteiger partial charge is 0.339 e. The van der Waals surface area contributed by atoms with Crippen molar-refractivity contribution in [1.29, 1.82) is 0 Å². The molecule has 1 aliphatic rings. The Labute approximate surface area is 201 Å². The SMILES string of the molecule is CC(c1ccccc1)n1cc(C2CCN(C)CC2)c2cc(OS(=O)(=O)c3ccccc3)ccc21. The summed E-state index contributed by atoms with van der Waals surface area (Å²) in [5.41, 5.74) is 3.60. The maximum Gasteiger partial charge on any atom is 0.339 e. The molecule has 1 atom stereocenters. The summed E-state index contributed by atoms with van der Waals surface area (Å²) >= 11 is 0. The second-order valence-electron chi connectivity index (χ2n) is 9.19. The Morgan fingerprint density at radius 3 is 2.24 bits per heavy atom. The van der Waals surface area contributed by atoms with Crippen LogP contribution in [0.4, 0.5) is 0 Å². The maximum atomic E-state index is 12.8. The molecule has 1 unspecified atom stereocenters. The molecule has 5 nitrogen and oxygen atoms in total. The summed E-state index contributed by atoms with van der Waals surface area (Å²) in [5.74, 6) is 0.777. The molecule has 0 saturated carbocycles. The summed E-state index contributed by atoms with van der Waals surface area (Å²) < 4.78 is 33.5. The van der Waals surface area contributed by atoms with Gasteiger partial charge in [0.1, 0.15) is 10.6 Å². The van der Waals surface area contributed by atoms with Crippen molar-refractivity contribution in [2.45, 2.75) is 36.6 Å². The number of piperidine rings is 1. The van der Waals surface area contributed by atoms with Crippen molar-refractivity contribution in [3.63, 3.8) is 0 Å². The summed E-state index contributed by atoms with van der Waals surface area (Å²) in [6.07, 6.45) is 4.44. The highest BCUT2D eigenvalue weighted by molar-refractivity contribution is 7.87. The van der Waals surface area contributed by atoms with Crippen molar-refractivity contribution in [2.75, 3.05) is 20.1 Å². The molecule has 3 aromatic carbocycles. The Kier molecular flexibility index (Phi) is 6.19. The monoisotopic (exact) mass is 474 g/mol. The largest absolute Gasteiger partial charge is 0.379 e. The van der Waals surface area contributed by atoms with Crippen LogP contribution < -0.4 is 4.18 Å². The van der Waals surface area contributed by atoms with Gasteiger partial charge in [0.2, 0.25) is 0 Å². The van der Waals surface area contributed by atoms with Crippen LogP contribution in [0.1, 0.15) is 42.9 Å². The number of hydrogen-bond donors (Lipinski definition) is 0. The van der Waals surface area contributed by atoms with Crippen molar-refractivity contribution < 1.29 is 12.6 Å². The van der Waals surface area contributed by atoms with E-state index in [1.807, 2.05) is 18.2 Å². The lowest BCUT2D eigenvalue weighted by Gasteiger charge is -2.28. The van der Waals surface area contributed by atoms with Gasteiger partial charge in [-0.2, -0.15) is 8.42 Å². The molecule has 1 aromatic heterocycles. The molecule has 2 heterocycles. The summed E-state index contributed by atoms with van der Waals surface area (Å²) in [7, 11) is -1.73. The van der Waals surface area contributed by atoms with E-state index in [4.69, 9.17) is 4.18 Å². The maximum absolute atomic E-state index is 12.8. The van der Waals surface area contributed by atoms with Gasteiger partial charge in [0.25, 0.3) is 0 Å². The van der Waals surface area contributed by atoms with Crippen molar-refractivity contribution in [3.05, 3.63) is 96.2 Å². The molecule has 1 aliphatic heterocycles. The highest BCUT2D eigenvalue weighted by Crippen LogP contribution is 2.38. The number of hydrogen-bond acceptors (Lipinski definition) is 4. The summed E-state index contributed by atoms with van der Waals surface area (Å²) in [6, 6.07) is 24.5. The number of aromatic nitrogens is 1. The van der Waals surface area contributed by atoms with Crippen LogP contribution in [0.15, 0.2) is 90.0 Å². The highest BCUT2D eigenvalue weighted by Gasteiger charge is 2.25. The minimum absolute atomic E-state index is 0.154. The Morgan fingerprint density at radius 2 is 1.56 bits per heavy atom. The van der Waals surface area contributed by atoms with Gasteiger partial charge in [0.05, 0.1) is 6.04 Å². The fraction of sp³-hybridized carbons (Fsp3) is 0.286. The number of benzene rings is 3. The third-order valence-corrected chi connectivity index (χ3v) is 8.19. The van der Waals surface area contributed by atoms with E-state index < -0.39 is 10.1 Å². The number of nitrogens with zero attached hydrogens (tertiary/aromatic N) is 2. The van der Waals surface area contributed by atoms with E-state index in [-0.39, 0.29) is 10.9 Å². The third kappa shape index (κ3) is 4.48. The van der Waals surface area contributed by atoms with Gasteiger partial charge in [0, 0.05) is 17.1 Å². The molecular formula is C28H30N2O3S. The molecule has 5 rings (SSSR count). The predicted molar refractivity (Wildman–Crippen MR) is 136 cm³/mol. The molecule has 0 bridgehead atoms. The summed E-state index contributed by atoms with van der Waals surface area (Å²) in [6.45, 7) is 4.33. The lowest BCUT2D eigenvalue weighted by molar-refractivity contribution is 0.256. The Hall–Kier alpha value is -3.09. The van der Waals surface area contributed by atoms with E-state index in [1.54, 1.807) is 36.4 Å². The van der Waals surface area contributed by atoms with Gasteiger partial charge in [-0.25, -0.2) is 0 Å². The van der Waals surface area contributed by atoms with Crippen LogP contribution in [0.2, 0.25) is 0 Å². The summed E-state index contributed by atoms with van der Waals surface area (Å²) in [4.78, 5) is 2.52. The summed E-state index contributed by atoms with van der Waals surface area (Å²) in [5, 5.41) is 1.07. The second-order valence-corrected chi connectivity index (χ2v) is 10.7. The van der Waals surface area contributed by atoms with Crippen LogP contribution in [0.3, 0.4) is 0 Å². The second kappa shape index (κ2) is 9.28. The molecule has 176 valence electrons. The fourth-order valence-corrected chi connectivity index (χ4v) is 5.88. The minimum Gasteiger partial charge on any atom is -0.379 e. The lowest BCUT2D eigenvalue weighted by Crippen LogP contribution is -2.29. The van der Waals surface area contributed by atoms with Gasteiger partial charge in [-0.1, -0.05) is 48.5 Å². The van der Waals surface area contributed by atoms with Crippen LogP contribution in [0.5, 0.6) is 5.75 Å². The van der Waals surface area contributed by atoms with Gasteiger partial charge in [-0.3, -0.25) is 0 Å². The van der Waals surface area contributed by atoms with E-state index >= 15 is 0 Å². The fourth-order valence-electron chi connectivity index (χ4n) is 4.93. The molecule has 1 saturated heterocycles. The standard InChI is InChI=1S/C28H30N2O3S/c1-21(22-9-5-3-6-10-22)30-20-27(23-15-17-29(2)18-16-23)26-19-24(13-14-28(26)30)33-34(31,32)25-11-7-4-8-12-25/h3-14,19-21,23H,15-18H2,1-2H3. The zero-order chi connectivity index (χ0) is 23.7. The molecule has 6 heteroatoms. The first kappa shape index (κ1) is 22.7. The first-order valence-electron chi connectivity index (χ1n) is 11.8. The van der Waals surface area contributed by atoms with Crippen LogP contribution in [-0.2, 0) is 10.1 Å². The number of fused-ring (bicyclic) bond motifs is 1. The van der Waals surface area contributed by atoms with E-state index in [2.05, 4.69) is 53.9 Å². The normalized spacial score (nSPS) is 16.5. The Balaban J connectivity index is 1.57. The van der Waals surface area contributed by atoms with Crippen molar-refractivity contribution in [2.24, 2.45) is 0 Å². The van der Waals surface area contributed by atoms with E-state index in [0.717, 1.165) is 36.8 Å². The molecule has 0 radical (unpaired) electrons. The first-order valence-corrected chi connectivity index (χ1v) is 13.2. The van der Waals surface area contributed by atoms with E-state index in [9.17, 15) is 8.42 Å². The van der Waals surface area contributed by atoms with E-state index in [1.165, 1.54) is 11.1 Å². The average Bonchev–Trinajstić information content (AvgIpc) is 3.24. The van der Waals surface area contributed by atoms with Crippen molar-refractivity contribution in [1.82, 2.24) is 9.47 Å². The van der Waals surface area contributed by atoms with Gasteiger partial charge in [-0.15, -0.1) is 0 Å². The first-order chi connectivity index (χ1) is 16.4. The topological polar surface area (TPSA) is 51.5 Å². The molecular weight excluding hydrogens is 444 g/mol. The molecule has 4 aromatic rings. The van der Waals surface area contributed by atoms with Crippen LogP contribution >= 0.6 is 0 Å². The van der Waals surface area contributed by atoms with Crippen LogP contribution in [0, 0.1) is 0 Å². The van der Waals surface area contributed by atoms with Crippen molar-refractivity contribution >= 4 is 21.0 Å². The van der Waals surface area contributed by atoms with Gasteiger partial charge >= 0.3 is 10.1 Å². The van der Waals surface area contributed by atoms with E-state index in [0.29, 0.717) is 11.7 Å². The van der Waals surface area contributed by atoms with Gasteiger partial charge in [0.15, 0.2) is 0 Å². The molecule has 0 amide bonds. The Morgan fingerprint density at radius 1 is 0.912 bits per heavy atom. The minimum atomic E-state index is -3.89. The number of likely N-dealkylation sites (tertiary alicyclic amines) is 1. The lowest BCUT2D eigenvalue weighted by atomic mass is 9.89. The average molecular weight is 475 g/mol.